The van der Waals surface area contributed by atoms with E-state index in [0.29, 0.717) is 6.54 Å². The summed E-state index contributed by atoms with van der Waals surface area (Å²) in [6.07, 6.45) is -2.42. The van der Waals surface area contributed by atoms with Crippen molar-refractivity contribution in [2.75, 3.05) is 26.7 Å². The number of hydrogen-bond donors (Lipinski definition) is 1. The van der Waals surface area contributed by atoms with E-state index in [1.165, 1.54) is 0 Å². The third-order valence-electron chi connectivity index (χ3n) is 3.50. The summed E-state index contributed by atoms with van der Waals surface area (Å²) in [6.45, 7) is 4.53. The second-order valence-corrected chi connectivity index (χ2v) is 4.87. The van der Waals surface area contributed by atoms with E-state index in [2.05, 4.69) is 17.1 Å². The zero-order chi connectivity index (χ0) is 12.2. The first-order valence-corrected chi connectivity index (χ1v) is 5.83. The van der Waals surface area contributed by atoms with Crippen molar-refractivity contribution in [3.63, 3.8) is 0 Å². The summed E-state index contributed by atoms with van der Waals surface area (Å²) in [6, 6.07) is 0. The van der Waals surface area contributed by atoms with Crippen LogP contribution in [0.5, 0.6) is 0 Å². The molecule has 1 fully saturated rings. The van der Waals surface area contributed by atoms with Gasteiger partial charge in [-0.1, -0.05) is 0 Å². The quantitative estimate of drug-likeness (QED) is 0.809. The highest BCUT2D eigenvalue weighted by Gasteiger charge is 2.29. The number of piperidine rings is 1. The number of alkyl halides is 3. The average molecular weight is 238 g/mol. The summed E-state index contributed by atoms with van der Waals surface area (Å²) in [4.78, 5) is 2.13. The molecule has 2 nitrogen and oxygen atoms in total. The molecule has 1 aliphatic rings. The predicted octanol–water partition coefficient (Wildman–Crippen LogP) is 2.40. The van der Waals surface area contributed by atoms with Crippen molar-refractivity contribution < 1.29 is 13.2 Å². The Morgan fingerprint density at radius 1 is 1.25 bits per heavy atom. The van der Waals surface area contributed by atoms with Crippen LogP contribution in [0.3, 0.4) is 0 Å². The Morgan fingerprint density at radius 3 is 2.25 bits per heavy atom. The summed E-state index contributed by atoms with van der Waals surface area (Å²) < 4.78 is 35.9. The van der Waals surface area contributed by atoms with Crippen molar-refractivity contribution in [1.29, 1.82) is 0 Å². The number of hydrogen-bond acceptors (Lipinski definition) is 2. The zero-order valence-electron chi connectivity index (χ0n) is 10.0. The first-order valence-electron chi connectivity index (χ1n) is 5.83. The molecule has 1 N–H and O–H groups in total. The minimum absolute atomic E-state index is 0.167. The highest BCUT2D eigenvalue weighted by atomic mass is 19.4. The molecule has 0 atom stereocenters. The van der Waals surface area contributed by atoms with E-state index < -0.39 is 12.6 Å². The Morgan fingerprint density at radius 2 is 1.81 bits per heavy atom. The molecule has 0 saturated carbocycles. The lowest BCUT2D eigenvalue weighted by atomic mass is 9.90. The lowest BCUT2D eigenvalue weighted by molar-refractivity contribution is -0.136. The molecule has 0 aromatic rings. The second kappa shape index (κ2) is 5.36. The van der Waals surface area contributed by atoms with Crippen molar-refractivity contribution in [1.82, 2.24) is 10.2 Å². The van der Waals surface area contributed by atoms with E-state index in [4.69, 9.17) is 0 Å². The molecule has 0 spiro atoms. The van der Waals surface area contributed by atoms with Gasteiger partial charge >= 0.3 is 6.18 Å². The first-order chi connectivity index (χ1) is 7.35. The Labute approximate surface area is 95.2 Å². The van der Waals surface area contributed by atoms with Crippen LogP contribution in [-0.4, -0.2) is 43.3 Å². The van der Waals surface area contributed by atoms with Crippen LogP contribution in [0.25, 0.3) is 0 Å². The molecule has 5 heteroatoms. The van der Waals surface area contributed by atoms with Crippen molar-refractivity contribution in [2.45, 2.75) is 44.3 Å². The molecule has 0 aromatic carbocycles. The highest BCUT2D eigenvalue weighted by molar-refractivity contribution is 4.87. The molecule has 1 rings (SSSR count). The molecular formula is C11H21F3N2. The topological polar surface area (TPSA) is 15.3 Å². The molecule has 0 aliphatic carbocycles. The fraction of sp³-hybridized carbons (Fsp3) is 1.00. The minimum atomic E-state index is -4.00. The van der Waals surface area contributed by atoms with Crippen LogP contribution < -0.4 is 5.32 Å². The Bertz CT molecular complexity index is 208. The third kappa shape index (κ3) is 4.70. The van der Waals surface area contributed by atoms with Gasteiger partial charge in [0, 0.05) is 12.0 Å². The minimum Gasteiger partial charge on any atom is -0.314 e. The standard InChI is InChI=1S/C11H21F3N2/c1-10(15-2)5-8-16(9-6-10)7-3-4-11(12,13)14/h15H,3-9H2,1-2H3. The van der Waals surface area contributed by atoms with Gasteiger partial charge in [0.1, 0.15) is 0 Å². The largest absolute Gasteiger partial charge is 0.389 e. The number of nitrogens with zero attached hydrogens (tertiary/aromatic N) is 1. The van der Waals surface area contributed by atoms with E-state index >= 15 is 0 Å². The molecular weight excluding hydrogens is 217 g/mol. The van der Waals surface area contributed by atoms with Gasteiger partial charge in [-0.25, -0.2) is 0 Å². The summed E-state index contributed by atoms with van der Waals surface area (Å²) in [5.41, 5.74) is 0.167. The number of rotatable bonds is 4. The molecule has 1 saturated heterocycles. The molecule has 16 heavy (non-hydrogen) atoms. The molecule has 0 unspecified atom stereocenters. The lowest BCUT2D eigenvalue weighted by Crippen LogP contribution is -2.50. The maximum absolute atomic E-state index is 12.0. The van der Waals surface area contributed by atoms with Gasteiger partial charge < -0.3 is 10.2 Å². The molecule has 0 aromatic heterocycles. The van der Waals surface area contributed by atoms with Crippen molar-refractivity contribution in [2.24, 2.45) is 0 Å². The molecule has 1 aliphatic heterocycles. The van der Waals surface area contributed by atoms with Gasteiger partial charge in [-0.05, 0) is 52.9 Å². The molecule has 96 valence electrons. The van der Waals surface area contributed by atoms with Gasteiger partial charge in [0.05, 0.1) is 0 Å². The highest BCUT2D eigenvalue weighted by Crippen LogP contribution is 2.24. The molecule has 0 amide bonds. The Kier molecular flexibility index (Phi) is 4.62. The van der Waals surface area contributed by atoms with Gasteiger partial charge in [0.2, 0.25) is 0 Å². The maximum atomic E-state index is 12.0. The Balaban J connectivity index is 2.18. The summed E-state index contributed by atoms with van der Waals surface area (Å²) in [5.74, 6) is 0. The number of likely N-dealkylation sites (tertiary alicyclic amines) is 1. The first kappa shape index (κ1) is 13.8. The number of halogens is 3. The van der Waals surface area contributed by atoms with Crippen LogP contribution in [0, 0.1) is 0 Å². The number of nitrogens with one attached hydrogen (secondary N) is 1. The van der Waals surface area contributed by atoms with Gasteiger partial charge in [0.15, 0.2) is 0 Å². The Hall–Kier alpha value is -0.290. The molecule has 0 radical (unpaired) electrons. The van der Waals surface area contributed by atoms with Crippen molar-refractivity contribution >= 4 is 0 Å². The van der Waals surface area contributed by atoms with E-state index in [9.17, 15) is 13.2 Å². The normalized spacial score (nSPS) is 22.3. The fourth-order valence-electron chi connectivity index (χ4n) is 2.02. The SMILES string of the molecule is CNC1(C)CCN(CCCC(F)(F)F)CC1. The zero-order valence-corrected chi connectivity index (χ0v) is 10.0. The van der Waals surface area contributed by atoms with E-state index in [1.54, 1.807) is 0 Å². The van der Waals surface area contributed by atoms with Gasteiger partial charge in [-0.15, -0.1) is 0 Å². The van der Waals surface area contributed by atoms with Crippen LogP contribution in [-0.2, 0) is 0 Å². The smallest absolute Gasteiger partial charge is 0.314 e. The van der Waals surface area contributed by atoms with Gasteiger partial charge in [-0.3, -0.25) is 0 Å². The average Bonchev–Trinajstić information content (AvgIpc) is 2.20. The van der Waals surface area contributed by atoms with Crippen LogP contribution in [0.2, 0.25) is 0 Å². The van der Waals surface area contributed by atoms with Crippen LogP contribution in [0.15, 0.2) is 0 Å². The van der Waals surface area contributed by atoms with Crippen molar-refractivity contribution in [3.05, 3.63) is 0 Å². The molecule has 0 bridgehead atoms. The van der Waals surface area contributed by atoms with E-state index in [0.717, 1.165) is 25.9 Å². The lowest BCUT2D eigenvalue weighted by Gasteiger charge is -2.39. The van der Waals surface area contributed by atoms with Crippen LogP contribution in [0.1, 0.15) is 32.6 Å². The van der Waals surface area contributed by atoms with Gasteiger partial charge in [-0.2, -0.15) is 13.2 Å². The van der Waals surface area contributed by atoms with Gasteiger partial charge in [0.25, 0.3) is 0 Å². The summed E-state index contributed by atoms with van der Waals surface area (Å²) >= 11 is 0. The summed E-state index contributed by atoms with van der Waals surface area (Å²) in [7, 11) is 1.94. The van der Waals surface area contributed by atoms with E-state index in [1.807, 2.05) is 7.05 Å². The van der Waals surface area contributed by atoms with Crippen LogP contribution >= 0.6 is 0 Å². The van der Waals surface area contributed by atoms with E-state index in [-0.39, 0.29) is 12.0 Å². The van der Waals surface area contributed by atoms with Crippen LogP contribution in [0.4, 0.5) is 13.2 Å². The second-order valence-electron chi connectivity index (χ2n) is 4.87. The van der Waals surface area contributed by atoms with Crippen molar-refractivity contribution in [3.8, 4) is 0 Å². The third-order valence-corrected chi connectivity index (χ3v) is 3.50. The fourth-order valence-corrected chi connectivity index (χ4v) is 2.02. The maximum Gasteiger partial charge on any atom is 0.389 e. The summed E-state index contributed by atoms with van der Waals surface area (Å²) in [5, 5.41) is 3.27. The monoisotopic (exact) mass is 238 g/mol. The molecule has 1 heterocycles. The predicted molar refractivity (Wildman–Crippen MR) is 58.4 cm³/mol.